The van der Waals surface area contributed by atoms with Crippen molar-refractivity contribution in [1.29, 1.82) is 0 Å². The van der Waals surface area contributed by atoms with Crippen molar-refractivity contribution in [3.05, 3.63) is 34.8 Å². The molecule has 2 heterocycles. The Labute approximate surface area is 91.1 Å². The van der Waals surface area contributed by atoms with Gasteiger partial charge in [-0.1, -0.05) is 0 Å². The largest absolute Gasteiger partial charge is 0.328 e. The normalized spacial score (nSPS) is 13.4. The number of fused-ring (bicyclic) bond motifs is 1. The third kappa shape index (κ3) is 1.81. The van der Waals surface area contributed by atoms with E-state index in [2.05, 4.69) is 25.3 Å². The number of nitrogens with two attached hydrogens (primary N) is 1. The molecule has 0 saturated heterocycles. The summed E-state index contributed by atoms with van der Waals surface area (Å²) in [5.74, 6) is 1.01. The van der Waals surface area contributed by atoms with Crippen LogP contribution in [0, 0.1) is 0 Å². The second-order valence-corrected chi connectivity index (χ2v) is 4.41. The third-order valence-electron chi connectivity index (χ3n) is 2.07. The van der Waals surface area contributed by atoms with Gasteiger partial charge in [-0.3, -0.25) is 0 Å². The fourth-order valence-corrected chi connectivity index (χ4v) is 1.79. The molecule has 0 aliphatic carbocycles. The van der Waals surface area contributed by atoms with E-state index in [-0.39, 0.29) is 6.04 Å². The lowest BCUT2D eigenvalue weighted by atomic mass is 10.2. The summed E-state index contributed by atoms with van der Waals surface area (Å²) in [6.45, 7) is 1.99. The van der Waals surface area contributed by atoms with Gasteiger partial charge >= 0.3 is 0 Å². The smallest absolute Gasteiger partial charge is 0.114 e. The van der Waals surface area contributed by atoms with Crippen molar-refractivity contribution in [3.8, 4) is 0 Å². The average Bonchev–Trinajstić information content (AvgIpc) is 2.47. The Morgan fingerprint density at radius 2 is 2.36 bits per heavy atom. The van der Waals surface area contributed by atoms with Crippen LogP contribution in [0.5, 0.6) is 0 Å². The van der Waals surface area contributed by atoms with Crippen LogP contribution in [0.1, 0.15) is 12.7 Å². The van der Waals surface area contributed by atoms with Crippen molar-refractivity contribution in [2.45, 2.75) is 19.4 Å². The van der Waals surface area contributed by atoms with E-state index in [1.807, 2.05) is 31.5 Å². The molecule has 2 aromatic heterocycles. The maximum atomic E-state index is 5.75. The van der Waals surface area contributed by atoms with E-state index in [9.17, 15) is 0 Å². The van der Waals surface area contributed by atoms with Crippen molar-refractivity contribution in [3.63, 3.8) is 0 Å². The summed E-state index contributed by atoms with van der Waals surface area (Å²) >= 11 is 3.44. The minimum Gasteiger partial charge on any atom is -0.328 e. The molecule has 0 fully saturated rings. The standard InChI is InChI=1S/C10H12BrN3/c1-7(12)4-10-13-5-9-3-2-8(11)6-14(9)10/h2-3,5-7H,4,12H2,1H3. The molecule has 0 aromatic carbocycles. The van der Waals surface area contributed by atoms with Gasteiger partial charge in [0.25, 0.3) is 0 Å². The number of hydrogen-bond acceptors (Lipinski definition) is 2. The average molecular weight is 254 g/mol. The highest BCUT2D eigenvalue weighted by Crippen LogP contribution is 2.14. The lowest BCUT2D eigenvalue weighted by molar-refractivity contribution is 0.699. The van der Waals surface area contributed by atoms with Gasteiger partial charge in [-0.25, -0.2) is 4.98 Å². The van der Waals surface area contributed by atoms with Gasteiger partial charge in [0, 0.05) is 23.1 Å². The lowest BCUT2D eigenvalue weighted by Gasteiger charge is -2.04. The molecule has 2 rings (SSSR count). The fourth-order valence-electron chi connectivity index (χ4n) is 1.46. The fraction of sp³-hybridized carbons (Fsp3) is 0.300. The minimum atomic E-state index is 0.139. The maximum Gasteiger partial charge on any atom is 0.114 e. The monoisotopic (exact) mass is 253 g/mol. The van der Waals surface area contributed by atoms with E-state index in [1.54, 1.807) is 0 Å². The first-order chi connectivity index (χ1) is 6.66. The minimum absolute atomic E-state index is 0.139. The highest BCUT2D eigenvalue weighted by Gasteiger charge is 2.05. The summed E-state index contributed by atoms with van der Waals surface area (Å²) in [7, 11) is 0. The maximum absolute atomic E-state index is 5.75. The predicted molar refractivity (Wildman–Crippen MR) is 60.2 cm³/mol. The molecule has 1 atom stereocenters. The number of pyridine rings is 1. The molecule has 0 aliphatic rings. The molecule has 1 unspecified atom stereocenters. The summed E-state index contributed by atoms with van der Waals surface area (Å²) in [5, 5.41) is 0. The van der Waals surface area contributed by atoms with Gasteiger partial charge in [0.1, 0.15) is 5.82 Å². The molecule has 14 heavy (non-hydrogen) atoms. The highest BCUT2D eigenvalue weighted by molar-refractivity contribution is 9.10. The van der Waals surface area contributed by atoms with Crippen LogP contribution in [0.15, 0.2) is 29.0 Å². The number of aromatic nitrogens is 2. The highest BCUT2D eigenvalue weighted by atomic mass is 79.9. The Hall–Kier alpha value is -0.870. The molecule has 0 aliphatic heterocycles. The number of rotatable bonds is 2. The summed E-state index contributed by atoms with van der Waals surface area (Å²) < 4.78 is 3.11. The SMILES string of the molecule is CC(N)Cc1ncc2ccc(Br)cn12. The lowest BCUT2D eigenvalue weighted by Crippen LogP contribution is -2.19. The van der Waals surface area contributed by atoms with Gasteiger partial charge in [-0.05, 0) is 35.0 Å². The molecule has 74 valence electrons. The van der Waals surface area contributed by atoms with Crippen LogP contribution >= 0.6 is 15.9 Å². The van der Waals surface area contributed by atoms with Gasteiger partial charge in [0.2, 0.25) is 0 Å². The van der Waals surface area contributed by atoms with E-state index in [0.717, 1.165) is 22.2 Å². The van der Waals surface area contributed by atoms with Crippen LogP contribution in [-0.4, -0.2) is 15.4 Å². The molecule has 4 heteroatoms. The zero-order chi connectivity index (χ0) is 10.1. The molecule has 2 aromatic rings. The van der Waals surface area contributed by atoms with E-state index in [4.69, 9.17) is 5.73 Å². The molecule has 2 N–H and O–H groups in total. The summed E-state index contributed by atoms with van der Waals surface area (Å²) in [6.07, 6.45) is 4.68. The molecule has 0 saturated carbocycles. The Kier molecular flexibility index (Phi) is 2.56. The zero-order valence-corrected chi connectivity index (χ0v) is 9.53. The first kappa shape index (κ1) is 9.68. The van der Waals surface area contributed by atoms with E-state index in [0.29, 0.717) is 0 Å². The van der Waals surface area contributed by atoms with E-state index in [1.165, 1.54) is 0 Å². The Morgan fingerprint density at radius 3 is 3.07 bits per heavy atom. The van der Waals surface area contributed by atoms with E-state index < -0.39 is 0 Å². The summed E-state index contributed by atoms with van der Waals surface area (Å²) in [6, 6.07) is 4.17. The van der Waals surface area contributed by atoms with Crippen LogP contribution in [0.2, 0.25) is 0 Å². The summed E-state index contributed by atoms with van der Waals surface area (Å²) in [5.41, 5.74) is 6.85. The molecule has 0 radical (unpaired) electrons. The van der Waals surface area contributed by atoms with Crippen molar-refractivity contribution in [2.75, 3.05) is 0 Å². The Morgan fingerprint density at radius 1 is 1.57 bits per heavy atom. The number of imidazole rings is 1. The Balaban J connectivity index is 2.50. The van der Waals surface area contributed by atoms with Gasteiger partial charge in [-0.2, -0.15) is 0 Å². The molecular formula is C10H12BrN3. The van der Waals surface area contributed by atoms with Gasteiger partial charge in [0.05, 0.1) is 11.7 Å². The quantitative estimate of drug-likeness (QED) is 0.890. The van der Waals surface area contributed by atoms with Crippen molar-refractivity contribution in [1.82, 2.24) is 9.38 Å². The summed E-state index contributed by atoms with van der Waals surface area (Å²) in [4.78, 5) is 4.34. The molecule has 0 bridgehead atoms. The van der Waals surface area contributed by atoms with Crippen molar-refractivity contribution < 1.29 is 0 Å². The molecule has 3 nitrogen and oxygen atoms in total. The van der Waals surface area contributed by atoms with Gasteiger partial charge in [0.15, 0.2) is 0 Å². The predicted octanol–water partition coefficient (Wildman–Crippen LogP) is 1.99. The van der Waals surface area contributed by atoms with Gasteiger partial charge < -0.3 is 10.1 Å². The second kappa shape index (κ2) is 3.71. The van der Waals surface area contributed by atoms with Crippen LogP contribution < -0.4 is 5.73 Å². The second-order valence-electron chi connectivity index (χ2n) is 3.50. The first-order valence-electron chi connectivity index (χ1n) is 4.54. The van der Waals surface area contributed by atoms with Crippen LogP contribution in [0.3, 0.4) is 0 Å². The van der Waals surface area contributed by atoms with Crippen LogP contribution in [0.25, 0.3) is 5.52 Å². The Bertz CT molecular complexity index is 448. The molecule has 0 amide bonds. The van der Waals surface area contributed by atoms with Crippen molar-refractivity contribution in [2.24, 2.45) is 5.73 Å². The molecule has 0 spiro atoms. The number of nitrogens with zero attached hydrogens (tertiary/aromatic N) is 2. The third-order valence-corrected chi connectivity index (χ3v) is 2.54. The first-order valence-corrected chi connectivity index (χ1v) is 5.33. The number of hydrogen-bond donors (Lipinski definition) is 1. The van der Waals surface area contributed by atoms with E-state index >= 15 is 0 Å². The van der Waals surface area contributed by atoms with Crippen molar-refractivity contribution >= 4 is 21.4 Å². The van der Waals surface area contributed by atoms with Gasteiger partial charge in [-0.15, -0.1) is 0 Å². The topological polar surface area (TPSA) is 43.3 Å². The zero-order valence-electron chi connectivity index (χ0n) is 7.94. The van der Waals surface area contributed by atoms with Crippen LogP contribution in [-0.2, 0) is 6.42 Å². The molecular weight excluding hydrogens is 242 g/mol. The van der Waals surface area contributed by atoms with Crippen LogP contribution in [0.4, 0.5) is 0 Å². The number of halogens is 1.